The number of thiophene rings is 1. The van der Waals surface area contributed by atoms with E-state index >= 15 is 0 Å². The summed E-state index contributed by atoms with van der Waals surface area (Å²) in [5.41, 5.74) is 6.74. The summed E-state index contributed by atoms with van der Waals surface area (Å²) in [5, 5.41) is 3.16. The van der Waals surface area contributed by atoms with Gasteiger partial charge in [0.15, 0.2) is 0 Å². The van der Waals surface area contributed by atoms with Gasteiger partial charge < -0.3 is 10.5 Å². The summed E-state index contributed by atoms with van der Waals surface area (Å²) in [5.74, 6) is 0.931. The first-order valence-electron chi connectivity index (χ1n) is 4.15. The van der Waals surface area contributed by atoms with Gasteiger partial charge in [-0.15, -0.1) is 23.1 Å². The molecule has 2 nitrogen and oxygen atoms in total. The van der Waals surface area contributed by atoms with Crippen molar-refractivity contribution in [3.8, 4) is 5.75 Å². The Kier molecular flexibility index (Phi) is 2.56. The van der Waals surface area contributed by atoms with Crippen molar-refractivity contribution in [3.05, 3.63) is 17.5 Å². The van der Waals surface area contributed by atoms with Crippen LogP contribution in [0.3, 0.4) is 0 Å². The number of fused-ring (bicyclic) bond motifs is 1. The van der Waals surface area contributed by atoms with Crippen LogP contribution in [0.2, 0.25) is 0 Å². The van der Waals surface area contributed by atoms with Crippen molar-refractivity contribution in [2.45, 2.75) is 4.90 Å². The Hall–Kier alpha value is -0.870. The van der Waals surface area contributed by atoms with Crippen molar-refractivity contribution >= 4 is 38.9 Å². The van der Waals surface area contributed by atoms with Crippen LogP contribution in [-0.2, 0) is 0 Å². The molecule has 0 spiro atoms. The summed E-state index contributed by atoms with van der Waals surface area (Å²) in [6.07, 6.45) is 2.02. The number of nitrogens with two attached hydrogens (primary N) is 1. The van der Waals surface area contributed by atoms with E-state index in [4.69, 9.17) is 10.5 Å². The number of benzene rings is 1. The molecular formula is C10H11NOS2. The Balaban J connectivity index is 2.70. The lowest BCUT2D eigenvalue weighted by atomic mass is 10.2. The molecule has 74 valence electrons. The van der Waals surface area contributed by atoms with Crippen molar-refractivity contribution in [1.29, 1.82) is 0 Å². The highest BCUT2D eigenvalue weighted by Gasteiger charge is 2.07. The second-order valence-electron chi connectivity index (χ2n) is 2.89. The molecule has 0 amide bonds. The van der Waals surface area contributed by atoms with E-state index in [1.807, 2.05) is 17.7 Å². The lowest BCUT2D eigenvalue weighted by molar-refractivity contribution is 0.421. The maximum atomic E-state index is 5.89. The summed E-state index contributed by atoms with van der Waals surface area (Å²) < 4.78 is 6.45. The van der Waals surface area contributed by atoms with E-state index in [0.29, 0.717) is 0 Å². The third-order valence-corrected chi connectivity index (χ3v) is 3.83. The average molecular weight is 225 g/mol. The number of ether oxygens (including phenoxy) is 1. The molecular weight excluding hydrogens is 214 g/mol. The minimum Gasteiger partial charge on any atom is -0.495 e. The first-order valence-corrected chi connectivity index (χ1v) is 6.25. The van der Waals surface area contributed by atoms with Gasteiger partial charge in [0.05, 0.1) is 7.11 Å². The smallest absolute Gasteiger partial charge is 0.137 e. The fourth-order valence-electron chi connectivity index (χ4n) is 1.38. The van der Waals surface area contributed by atoms with E-state index < -0.39 is 0 Å². The molecule has 1 aromatic heterocycles. The van der Waals surface area contributed by atoms with E-state index in [9.17, 15) is 0 Å². The van der Waals surface area contributed by atoms with Crippen molar-refractivity contribution < 1.29 is 4.74 Å². The fraction of sp³-hybridized carbons (Fsp3) is 0.200. The quantitative estimate of drug-likeness (QED) is 0.629. The standard InChI is InChI=1S/C10H11NOS2/c1-12-8-5-14-9-4-7(11)10(13-2)3-6(8)9/h3-5H,11H2,1-2H3. The van der Waals surface area contributed by atoms with Gasteiger partial charge in [0.25, 0.3) is 0 Å². The van der Waals surface area contributed by atoms with Gasteiger partial charge in [-0.1, -0.05) is 0 Å². The second kappa shape index (κ2) is 3.71. The molecule has 2 N–H and O–H groups in total. The molecule has 2 rings (SSSR count). The maximum absolute atomic E-state index is 5.89. The minimum absolute atomic E-state index is 0.842. The molecule has 0 aliphatic carbocycles. The zero-order valence-electron chi connectivity index (χ0n) is 8.03. The third kappa shape index (κ3) is 1.44. The normalized spacial score (nSPS) is 10.7. The number of hydrogen-bond donors (Lipinski definition) is 1. The molecule has 0 atom stereocenters. The summed E-state index contributed by atoms with van der Waals surface area (Å²) in [6.45, 7) is 0. The lowest BCUT2D eigenvalue weighted by Gasteiger charge is -2.03. The van der Waals surface area contributed by atoms with Crippen LogP contribution in [0.25, 0.3) is 10.1 Å². The molecule has 0 aliphatic rings. The Morgan fingerprint density at radius 1 is 1.43 bits per heavy atom. The zero-order valence-corrected chi connectivity index (χ0v) is 9.67. The van der Waals surface area contributed by atoms with Gasteiger partial charge in [-0.25, -0.2) is 0 Å². The molecule has 14 heavy (non-hydrogen) atoms. The summed E-state index contributed by atoms with van der Waals surface area (Å²) in [6, 6.07) is 4.10. The lowest BCUT2D eigenvalue weighted by Crippen LogP contribution is -1.87. The van der Waals surface area contributed by atoms with Crippen LogP contribution in [0.4, 0.5) is 5.69 Å². The third-order valence-electron chi connectivity index (χ3n) is 2.11. The van der Waals surface area contributed by atoms with Gasteiger partial charge in [0, 0.05) is 26.0 Å². The number of anilines is 1. The SMILES string of the molecule is COc1csc2cc(N)c(SC)cc12. The van der Waals surface area contributed by atoms with Gasteiger partial charge >= 0.3 is 0 Å². The minimum atomic E-state index is 0.842. The largest absolute Gasteiger partial charge is 0.495 e. The summed E-state index contributed by atoms with van der Waals surface area (Å²) in [4.78, 5) is 1.11. The monoisotopic (exact) mass is 225 g/mol. The number of rotatable bonds is 2. The van der Waals surface area contributed by atoms with Crippen molar-refractivity contribution in [3.63, 3.8) is 0 Å². The predicted octanol–water partition coefficient (Wildman–Crippen LogP) is 3.21. The van der Waals surface area contributed by atoms with Crippen LogP contribution in [-0.4, -0.2) is 13.4 Å². The van der Waals surface area contributed by atoms with Crippen LogP contribution in [0, 0.1) is 0 Å². The molecule has 2 aromatic rings. The molecule has 0 radical (unpaired) electrons. The van der Waals surface area contributed by atoms with Crippen LogP contribution < -0.4 is 10.5 Å². The van der Waals surface area contributed by atoms with E-state index in [1.165, 1.54) is 4.70 Å². The van der Waals surface area contributed by atoms with E-state index in [-0.39, 0.29) is 0 Å². The molecule has 0 fully saturated rings. The highest BCUT2D eigenvalue weighted by atomic mass is 32.2. The van der Waals surface area contributed by atoms with E-state index in [1.54, 1.807) is 30.2 Å². The first kappa shape index (κ1) is 9.68. The second-order valence-corrected chi connectivity index (χ2v) is 4.65. The highest BCUT2D eigenvalue weighted by Crippen LogP contribution is 2.37. The molecule has 0 aliphatic heterocycles. The topological polar surface area (TPSA) is 35.2 Å². The molecule has 4 heteroatoms. The zero-order chi connectivity index (χ0) is 10.1. The van der Waals surface area contributed by atoms with E-state index in [0.717, 1.165) is 21.7 Å². The summed E-state index contributed by atoms with van der Waals surface area (Å²) in [7, 11) is 1.69. The van der Waals surface area contributed by atoms with E-state index in [2.05, 4.69) is 6.07 Å². The van der Waals surface area contributed by atoms with Gasteiger partial charge in [-0.05, 0) is 18.4 Å². The maximum Gasteiger partial charge on any atom is 0.137 e. The van der Waals surface area contributed by atoms with Crippen molar-refractivity contribution in [1.82, 2.24) is 0 Å². The van der Waals surface area contributed by atoms with Crippen LogP contribution in [0.5, 0.6) is 5.75 Å². The van der Waals surface area contributed by atoms with Gasteiger partial charge in [-0.3, -0.25) is 0 Å². The van der Waals surface area contributed by atoms with Crippen LogP contribution >= 0.6 is 23.1 Å². The Bertz CT molecular complexity index is 464. The van der Waals surface area contributed by atoms with Crippen molar-refractivity contribution in [2.75, 3.05) is 19.1 Å². The van der Waals surface area contributed by atoms with Gasteiger partial charge in [-0.2, -0.15) is 0 Å². The number of hydrogen-bond acceptors (Lipinski definition) is 4. The molecule has 0 unspecified atom stereocenters. The first-order chi connectivity index (χ1) is 6.76. The molecule has 0 bridgehead atoms. The number of nitrogen functional groups attached to an aromatic ring is 1. The Labute approximate surface area is 91.1 Å². The number of methoxy groups -OCH3 is 1. The molecule has 1 heterocycles. The van der Waals surface area contributed by atoms with Crippen LogP contribution in [0.15, 0.2) is 22.4 Å². The fourth-order valence-corrected chi connectivity index (χ4v) is 2.85. The van der Waals surface area contributed by atoms with Crippen LogP contribution in [0.1, 0.15) is 0 Å². The van der Waals surface area contributed by atoms with Gasteiger partial charge in [0.1, 0.15) is 5.75 Å². The highest BCUT2D eigenvalue weighted by molar-refractivity contribution is 7.98. The van der Waals surface area contributed by atoms with Crippen molar-refractivity contribution in [2.24, 2.45) is 0 Å². The Morgan fingerprint density at radius 3 is 2.86 bits per heavy atom. The molecule has 0 saturated carbocycles. The average Bonchev–Trinajstić information content (AvgIpc) is 2.58. The van der Waals surface area contributed by atoms with Gasteiger partial charge in [0.2, 0.25) is 0 Å². The molecule has 1 aromatic carbocycles. The predicted molar refractivity (Wildman–Crippen MR) is 64.6 cm³/mol. The summed E-state index contributed by atoms with van der Waals surface area (Å²) >= 11 is 3.31. The Morgan fingerprint density at radius 2 is 2.21 bits per heavy atom. The number of thioether (sulfide) groups is 1. The molecule has 0 saturated heterocycles.